The van der Waals surface area contributed by atoms with E-state index >= 15 is 0 Å². The molecule has 0 saturated carbocycles. The van der Waals surface area contributed by atoms with Gasteiger partial charge in [-0.1, -0.05) is 6.07 Å². The van der Waals surface area contributed by atoms with Gasteiger partial charge in [0.05, 0.1) is 6.10 Å². The molecule has 29 heavy (non-hydrogen) atoms. The highest BCUT2D eigenvalue weighted by Crippen LogP contribution is 2.19. The third kappa shape index (κ3) is 8.29. The predicted molar refractivity (Wildman–Crippen MR) is 128 cm³/mol. The maximum absolute atomic E-state index is 12.4. The van der Waals surface area contributed by atoms with Crippen LogP contribution in [-0.2, 0) is 19.5 Å². The first kappa shape index (κ1) is 26.6. The van der Waals surface area contributed by atoms with Crippen LogP contribution in [-0.4, -0.2) is 90.3 Å². The highest BCUT2D eigenvalue weighted by molar-refractivity contribution is 14.0. The monoisotopic (exact) mass is 560 g/mol. The van der Waals surface area contributed by atoms with E-state index in [0.29, 0.717) is 17.3 Å². The van der Waals surface area contributed by atoms with E-state index in [9.17, 15) is 8.42 Å². The number of halogens is 1. The molecule has 0 amide bonds. The fourth-order valence-corrected chi connectivity index (χ4v) is 5.40. The van der Waals surface area contributed by atoms with Crippen molar-refractivity contribution in [2.45, 2.75) is 29.6 Å². The average Bonchev–Trinajstić information content (AvgIpc) is 3.25. The number of nitrogens with zero attached hydrogens (tertiary/aromatic N) is 3. The number of hydrogen-bond acceptors (Lipinski definition) is 6. The summed E-state index contributed by atoms with van der Waals surface area (Å²) >= 11 is 1.23. The van der Waals surface area contributed by atoms with Crippen LogP contribution in [0.1, 0.15) is 19.3 Å². The Labute approximate surface area is 195 Å². The number of sulfonamides is 1. The van der Waals surface area contributed by atoms with E-state index in [-0.39, 0.29) is 30.1 Å². The van der Waals surface area contributed by atoms with Gasteiger partial charge in [-0.05, 0) is 30.7 Å². The predicted octanol–water partition coefficient (Wildman–Crippen LogP) is 2.08. The van der Waals surface area contributed by atoms with E-state index in [1.165, 1.54) is 15.6 Å². The van der Waals surface area contributed by atoms with E-state index in [2.05, 4.69) is 15.2 Å². The molecule has 0 unspecified atom stereocenters. The Kier molecular flexibility index (Phi) is 12.6. The van der Waals surface area contributed by atoms with Crippen molar-refractivity contribution in [3.05, 3.63) is 17.5 Å². The lowest BCUT2D eigenvalue weighted by Crippen LogP contribution is -2.48. The van der Waals surface area contributed by atoms with Gasteiger partial charge < -0.3 is 19.7 Å². The molecule has 0 radical (unpaired) electrons. The number of rotatable bonds is 10. The topological polar surface area (TPSA) is 83.5 Å². The Morgan fingerprint density at radius 3 is 2.69 bits per heavy atom. The molecule has 0 aromatic carbocycles. The summed E-state index contributed by atoms with van der Waals surface area (Å²) in [4.78, 5) is 6.54. The van der Waals surface area contributed by atoms with E-state index in [1.807, 2.05) is 0 Å². The molecule has 1 aromatic rings. The Balaban J connectivity index is 0.00000420. The van der Waals surface area contributed by atoms with E-state index in [1.54, 1.807) is 38.7 Å². The maximum atomic E-state index is 12.4. The second-order valence-corrected chi connectivity index (χ2v) is 9.86. The zero-order valence-electron chi connectivity index (χ0n) is 17.4. The summed E-state index contributed by atoms with van der Waals surface area (Å²) < 4.78 is 37.6. The molecule has 1 aliphatic heterocycles. The molecule has 0 atom stereocenters. The van der Waals surface area contributed by atoms with Crippen molar-refractivity contribution in [1.29, 1.82) is 0 Å². The van der Waals surface area contributed by atoms with E-state index in [0.717, 1.165) is 51.5 Å². The third-order valence-electron chi connectivity index (χ3n) is 4.67. The molecule has 8 nitrogen and oxygen atoms in total. The van der Waals surface area contributed by atoms with Crippen molar-refractivity contribution in [2.75, 3.05) is 60.6 Å². The molecular formula is C18H33IN4O4S2. The largest absolute Gasteiger partial charge is 0.385 e. The molecule has 168 valence electrons. The number of thiophene rings is 1. The lowest BCUT2D eigenvalue weighted by atomic mass is 10.1. The van der Waals surface area contributed by atoms with Gasteiger partial charge in [-0.25, -0.2) is 8.42 Å². The van der Waals surface area contributed by atoms with Crippen LogP contribution in [0.25, 0.3) is 0 Å². The summed E-state index contributed by atoms with van der Waals surface area (Å²) in [5.74, 6) is 0.805. The van der Waals surface area contributed by atoms with Gasteiger partial charge in [0.1, 0.15) is 4.21 Å². The van der Waals surface area contributed by atoms with Crippen LogP contribution in [0.3, 0.4) is 0 Å². The van der Waals surface area contributed by atoms with Crippen LogP contribution in [0.2, 0.25) is 0 Å². The van der Waals surface area contributed by atoms with Crippen molar-refractivity contribution >= 4 is 51.3 Å². The molecule has 1 N–H and O–H groups in total. The molecule has 1 fully saturated rings. The minimum absolute atomic E-state index is 0. The van der Waals surface area contributed by atoms with E-state index < -0.39 is 10.0 Å². The minimum atomic E-state index is -3.41. The number of hydrogen-bond donors (Lipinski definition) is 1. The number of ether oxygens (including phenoxy) is 2. The first-order valence-electron chi connectivity index (χ1n) is 9.55. The number of piperidine rings is 1. The van der Waals surface area contributed by atoms with Crippen molar-refractivity contribution in [2.24, 2.45) is 4.99 Å². The number of guanidine groups is 1. The molecule has 2 rings (SSSR count). The van der Waals surface area contributed by atoms with Gasteiger partial charge >= 0.3 is 0 Å². The minimum Gasteiger partial charge on any atom is -0.385 e. The fraction of sp³-hybridized carbons (Fsp3) is 0.722. The lowest BCUT2D eigenvalue weighted by molar-refractivity contribution is 0.00991. The third-order valence-corrected chi connectivity index (χ3v) is 7.90. The van der Waals surface area contributed by atoms with Crippen molar-refractivity contribution in [3.63, 3.8) is 0 Å². The first-order valence-corrected chi connectivity index (χ1v) is 11.9. The summed E-state index contributed by atoms with van der Waals surface area (Å²) in [5, 5.41) is 5.05. The molecule has 0 spiro atoms. The summed E-state index contributed by atoms with van der Waals surface area (Å²) in [6.07, 6.45) is 3.12. The van der Waals surface area contributed by atoms with E-state index in [4.69, 9.17) is 9.47 Å². The summed E-state index contributed by atoms with van der Waals surface area (Å²) in [6.45, 7) is 4.08. The van der Waals surface area contributed by atoms with Crippen LogP contribution >= 0.6 is 35.3 Å². The summed E-state index contributed by atoms with van der Waals surface area (Å²) in [5.41, 5.74) is 0. The Hall–Kier alpha value is -0.470. The smallest absolute Gasteiger partial charge is 0.252 e. The summed E-state index contributed by atoms with van der Waals surface area (Å²) in [6, 6.07) is 3.38. The Morgan fingerprint density at radius 2 is 2.10 bits per heavy atom. The number of likely N-dealkylation sites (N-methyl/N-ethyl adjacent to an activating group) is 1. The zero-order chi connectivity index (χ0) is 20.4. The number of likely N-dealkylation sites (tertiary alicyclic amines) is 1. The average molecular weight is 561 g/mol. The molecular weight excluding hydrogens is 527 g/mol. The van der Waals surface area contributed by atoms with Gasteiger partial charge in [-0.3, -0.25) is 4.99 Å². The Morgan fingerprint density at radius 1 is 1.38 bits per heavy atom. The van der Waals surface area contributed by atoms with Crippen LogP contribution in [0.15, 0.2) is 26.7 Å². The van der Waals surface area contributed by atoms with Gasteiger partial charge in [0.2, 0.25) is 0 Å². The van der Waals surface area contributed by atoms with Crippen molar-refractivity contribution in [3.8, 4) is 0 Å². The molecule has 11 heteroatoms. The molecule has 1 aliphatic rings. The second kappa shape index (κ2) is 13.8. The number of nitrogens with one attached hydrogen (secondary N) is 1. The highest BCUT2D eigenvalue weighted by atomic mass is 127. The SMILES string of the molecule is CN=C(NCCN(C)S(=O)(=O)c1cccs1)N1CCC(OCCCOC)CC1.I. The second-order valence-electron chi connectivity index (χ2n) is 6.64. The van der Waals surface area contributed by atoms with Gasteiger partial charge in [-0.15, -0.1) is 35.3 Å². The molecule has 0 aliphatic carbocycles. The molecule has 0 bridgehead atoms. The van der Waals surface area contributed by atoms with Crippen molar-refractivity contribution in [1.82, 2.24) is 14.5 Å². The first-order chi connectivity index (χ1) is 13.5. The van der Waals surface area contributed by atoms with Gasteiger partial charge in [0.25, 0.3) is 10.0 Å². The standard InChI is InChI=1S/C18H32N4O4S2.HI/c1-19-18(22-10-7-16(8-11-22)26-14-5-13-25-3)20-9-12-21(2)28(23,24)17-6-4-15-27-17;/h4,6,15-16H,5,7-14H2,1-3H3,(H,19,20);1H. The number of methoxy groups -OCH3 is 1. The zero-order valence-corrected chi connectivity index (χ0v) is 21.3. The van der Waals surface area contributed by atoms with Gasteiger partial charge in [-0.2, -0.15) is 4.31 Å². The summed E-state index contributed by atoms with van der Waals surface area (Å²) in [7, 11) is 1.64. The molecule has 1 saturated heterocycles. The van der Waals surface area contributed by atoms with Crippen LogP contribution in [0, 0.1) is 0 Å². The lowest BCUT2D eigenvalue weighted by Gasteiger charge is -2.34. The highest BCUT2D eigenvalue weighted by Gasteiger charge is 2.23. The van der Waals surface area contributed by atoms with Crippen molar-refractivity contribution < 1.29 is 17.9 Å². The Bertz CT molecular complexity index is 693. The molecule has 1 aromatic heterocycles. The number of aliphatic imine (C=N–C) groups is 1. The molecule has 2 heterocycles. The van der Waals surface area contributed by atoms with Gasteiger partial charge in [0.15, 0.2) is 5.96 Å². The quantitative estimate of drug-likeness (QED) is 0.204. The van der Waals surface area contributed by atoms with Crippen LogP contribution in [0.5, 0.6) is 0 Å². The van der Waals surface area contributed by atoms with Crippen LogP contribution in [0.4, 0.5) is 0 Å². The normalized spacial score (nSPS) is 16.1. The fourth-order valence-electron chi connectivity index (χ4n) is 3.03. The maximum Gasteiger partial charge on any atom is 0.252 e. The van der Waals surface area contributed by atoms with Crippen LogP contribution < -0.4 is 5.32 Å². The van der Waals surface area contributed by atoms with Gasteiger partial charge in [0, 0.05) is 60.6 Å².